The van der Waals surface area contributed by atoms with Gasteiger partial charge in [0.25, 0.3) is 5.91 Å². The summed E-state index contributed by atoms with van der Waals surface area (Å²) in [6, 6.07) is 11.6. The molecule has 0 radical (unpaired) electrons. The first-order valence-corrected chi connectivity index (χ1v) is 8.51. The fourth-order valence-electron chi connectivity index (χ4n) is 2.19. The lowest BCUT2D eigenvalue weighted by molar-refractivity contribution is -0.123. The van der Waals surface area contributed by atoms with Crippen molar-refractivity contribution in [2.45, 2.75) is 6.92 Å². The third kappa shape index (κ3) is 6.01. The van der Waals surface area contributed by atoms with Crippen molar-refractivity contribution in [1.82, 2.24) is 5.43 Å². The highest BCUT2D eigenvalue weighted by Gasteiger charge is 2.07. The van der Waals surface area contributed by atoms with Crippen LogP contribution in [0.2, 0.25) is 0 Å². The predicted molar refractivity (Wildman–Crippen MR) is 103 cm³/mol. The minimum absolute atomic E-state index is 0.220. The van der Waals surface area contributed by atoms with Gasteiger partial charge in [-0.2, -0.15) is 5.10 Å². The number of carbonyl (C=O) groups is 2. The summed E-state index contributed by atoms with van der Waals surface area (Å²) in [5.74, 6) is 0.785. The molecule has 0 atom stereocenters. The lowest BCUT2D eigenvalue weighted by atomic mass is 10.2. The van der Waals surface area contributed by atoms with Gasteiger partial charge < -0.3 is 18.9 Å². The number of methoxy groups -OCH3 is 2. The molecular weight excluding hydrogens is 364 g/mol. The largest absolute Gasteiger partial charge is 0.493 e. The summed E-state index contributed by atoms with van der Waals surface area (Å²) in [4.78, 5) is 23.4. The quantitative estimate of drug-likeness (QED) is 0.404. The first kappa shape index (κ1) is 20.8. The molecule has 0 spiro atoms. The number of nitrogens with zero attached hydrogens (tertiary/aromatic N) is 1. The highest BCUT2D eigenvalue weighted by molar-refractivity contribution is 5.89. The highest BCUT2D eigenvalue weighted by atomic mass is 16.5. The molecule has 8 heteroatoms. The number of hydrazone groups is 1. The Bertz CT molecular complexity index is 833. The Morgan fingerprint density at radius 1 is 1.04 bits per heavy atom. The van der Waals surface area contributed by atoms with Crippen molar-refractivity contribution in [3.63, 3.8) is 0 Å². The van der Waals surface area contributed by atoms with E-state index in [9.17, 15) is 9.59 Å². The van der Waals surface area contributed by atoms with Gasteiger partial charge in [0.2, 0.25) is 0 Å². The number of nitrogens with one attached hydrogen (secondary N) is 1. The molecule has 1 amide bonds. The third-order valence-corrected chi connectivity index (χ3v) is 3.55. The second-order valence-corrected chi connectivity index (χ2v) is 5.44. The van der Waals surface area contributed by atoms with Crippen molar-refractivity contribution >= 4 is 18.1 Å². The number of benzene rings is 2. The molecular formula is C20H22N2O6. The van der Waals surface area contributed by atoms with Crippen LogP contribution in [-0.2, 0) is 9.53 Å². The zero-order valence-corrected chi connectivity index (χ0v) is 15.9. The summed E-state index contributed by atoms with van der Waals surface area (Å²) in [5, 5.41) is 3.88. The third-order valence-electron chi connectivity index (χ3n) is 3.55. The molecule has 148 valence electrons. The molecule has 8 nitrogen and oxygen atoms in total. The first-order valence-electron chi connectivity index (χ1n) is 8.51. The lowest BCUT2D eigenvalue weighted by Gasteiger charge is -2.07. The zero-order chi connectivity index (χ0) is 20.4. The van der Waals surface area contributed by atoms with Gasteiger partial charge in [-0.25, -0.2) is 10.2 Å². The average Bonchev–Trinajstić information content (AvgIpc) is 2.72. The summed E-state index contributed by atoms with van der Waals surface area (Å²) in [7, 11) is 3.09. The number of hydrogen-bond donors (Lipinski definition) is 1. The van der Waals surface area contributed by atoms with Crippen LogP contribution in [0.1, 0.15) is 22.8 Å². The van der Waals surface area contributed by atoms with Crippen LogP contribution < -0.4 is 19.6 Å². The molecule has 0 heterocycles. The van der Waals surface area contributed by atoms with Gasteiger partial charge in [-0.15, -0.1) is 0 Å². The Morgan fingerprint density at radius 3 is 2.39 bits per heavy atom. The number of ether oxygens (including phenoxy) is 4. The Labute approximate surface area is 163 Å². The Kier molecular flexibility index (Phi) is 7.83. The number of hydrogen-bond acceptors (Lipinski definition) is 7. The van der Waals surface area contributed by atoms with E-state index < -0.39 is 11.9 Å². The van der Waals surface area contributed by atoms with Crippen LogP contribution in [0.15, 0.2) is 47.6 Å². The van der Waals surface area contributed by atoms with Gasteiger partial charge in [-0.3, -0.25) is 4.79 Å². The van der Waals surface area contributed by atoms with Crippen LogP contribution in [0.25, 0.3) is 0 Å². The van der Waals surface area contributed by atoms with Gasteiger partial charge in [0.1, 0.15) is 5.75 Å². The minimum Gasteiger partial charge on any atom is -0.493 e. The molecule has 1 N–H and O–H groups in total. The van der Waals surface area contributed by atoms with E-state index in [0.29, 0.717) is 29.4 Å². The van der Waals surface area contributed by atoms with E-state index >= 15 is 0 Å². The summed E-state index contributed by atoms with van der Waals surface area (Å²) >= 11 is 0. The topological polar surface area (TPSA) is 95.5 Å². The summed E-state index contributed by atoms with van der Waals surface area (Å²) in [5.41, 5.74) is 3.52. The number of carbonyl (C=O) groups excluding carboxylic acids is 2. The van der Waals surface area contributed by atoms with Crippen LogP contribution in [0.5, 0.6) is 17.2 Å². The molecule has 28 heavy (non-hydrogen) atoms. The van der Waals surface area contributed by atoms with E-state index in [2.05, 4.69) is 10.5 Å². The fraction of sp³-hybridized carbons (Fsp3) is 0.250. The molecule has 2 aromatic rings. The van der Waals surface area contributed by atoms with Crippen molar-refractivity contribution in [1.29, 1.82) is 0 Å². The van der Waals surface area contributed by atoms with E-state index in [1.54, 1.807) is 56.5 Å². The molecule has 0 bridgehead atoms. The molecule has 0 aliphatic heterocycles. The van der Waals surface area contributed by atoms with Gasteiger partial charge in [0, 0.05) is 0 Å². The number of rotatable bonds is 9. The second-order valence-electron chi connectivity index (χ2n) is 5.44. The molecule has 0 aliphatic rings. The van der Waals surface area contributed by atoms with E-state index in [1.807, 2.05) is 0 Å². The minimum atomic E-state index is -0.425. The standard InChI is InChI=1S/C20H22N2O6/c1-4-27-20(24)15-6-8-16(9-7-15)28-13-19(23)22-21-12-14-5-10-17(25-2)18(11-14)26-3/h5-12H,4,13H2,1-3H3,(H,22,23)/b21-12+. The molecule has 0 aromatic heterocycles. The van der Waals surface area contributed by atoms with Gasteiger partial charge in [-0.05, 0) is 55.0 Å². The normalized spacial score (nSPS) is 10.4. The van der Waals surface area contributed by atoms with Gasteiger partial charge >= 0.3 is 5.97 Å². The van der Waals surface area contributed by atoms with Crippen LogP contribution in [0, 0.1) is 0 Å². The molecule has 0 saturated carbocycles. The van der Waals surface area contributed by atoms with Gasteiger partial charge in [-0.1, -0.05) is 0 Å². The molecule has 2 aromatic carbocycles. The number of amides is 1. The maximum atomic E-state index is 11.8. The highest BCUT2D eigenvalue weighted by Crippen LogP contribution is 2.26. The van der Waals surface area contributed by atoms with Crippen LogP contribution in [-0.4, -0.2) is 45.5 Å². The van der Waals surface area contributed by atoms with Gasteiger partial charge in [0.15, 0.2) is 18.1 Å². The van der Waals surface area contributed by atoms with E-state index in [4.69, 9.17) is 18.9 Å². The predicted octanol–water partition coefficient (Wildman–Crippen LogP) is 2.41. The van der Waals surface area contributed by atoms with Crippen LogP contribution in [0.4, 0.5) is 0 Å². The summed E-state index contributed by atoms with van der Waals surface area (Å²) in [6.07, 6.45) is 1.48. The van der Waals surface area contributed by atoms with Crippen LogP contribution >= 0.6 is 0 Å². The monoisotopic (exact) mass is 386 g/mol. The number of esters is 1. The maximum absolute atomic E-state index is 11.8. The van der Waals surface area contributed by atoms with Crippen molar-refractivity contribution < 1.29 is 28.5 Å². The molecule has 2 rings (SSSR count). The fourth-order valence-corrected chi connectivity index (χ4v) is 2.19. The van der Waals surface area contributed by atoms with E-state index in [-0.39, 0.29) is 6.61 Å². The zero-order valence-electron chi connectivity index (χ0n) is 15.9. The van der Waals surface area contributed by atoms with Gasteiger partial charge in [0.05, 0.1) is 32.6 Å². The van der Waals surface area contributed by atoms with E-state index in [0.717, 1.165) is 5.56 Å². The smallest absolute Gasteiger partial charge is 0.338 e. The summed E-state index contributed by atoms with van der Waals surface area (Å²) < 4.78 is 20.6. The van der Waals surface area contributed by atoms with Crippen molar-refractivity contribution in [2.75, 3.05) is 27.4 Å². The SMILES string of the molecule is CCOC(=O)c1ccc(OCC(=O)N/N=C/c2ccc(OC)c(OC)c2)cc1. The van der Waals surface area contributed by atoms with Crippen LogP contribution in [0.3, 0.4) is 0 Å². The Morgan fingerprint density at radius 2 is 1.75 bits per heavy atom. The Balaban J connectivity index is 1.82. The average molecular weight is 386 g/mol. The van der Waals surface area contributed by atoms with E-state index in [1.165, 1.54) is 13.3 Å². The molecule has 0 fully saturated rings. The lowest BCUT2D eigenvalue weighted by Crippen LogP contribution is -2.24. The second kappa shape index (κ2) is 10.6. The van der Waals surface area contributed by atoms with Crippen molar-refractivity contribution in [2.24, 2.45) is 5.10 Å². The maximum Gasteiger partial charge on any atom is 0.338 e. The molecule has 0 aliphatic carbocycles. The first-order chi connectivity index (χ1) is 13.6. The van der Waals surface area contributed by atoms with Crippen molar-refractivity contribution in [3.05, 3.63) is 53.6 Å². The Hall–Kier alpha value is -3.55. The van der Waals surface area contributed by atoms with Crippen molar-refractivity contribution in [3.8, 4) is 17.2 Å². The molecule has 0 saturated heterocycles. The summed E-state index contributed by atoms with van der Waals surface area (Å²) in [6.45, 7) is 1.82. The molecule has 0 unspecified atom stereocenters.